The van der Waals surface area contributed by atoms with Gasteiger partial charge in [0.1, 0.15) is 5.82 Å². The molecule has 1 fully saturated rings. The Morgan fingerprint density at radius 1 is 1.36 bits per heavy atom. The molecule has 0 unspecified atom stereocenters. The lowest BCUT2D eigenvalue weighted by Crippen LogP contribution is -2.05. The highest BCUT2D eigenvalue weighted by Gasteiger charge is 2.21. The molecule has 0 aliphatic carbocycles. The minimum Gasteiger partial charge on any atom is -0.465 e. The summed E-state index contributed by atoms with van der Waals surface area (Å²) in [5, 5.41) is 0. The van der Waals surface area contributed by atoms with E-state index in [1.165, 1.54) is 7.11 Å². The van der Waals surface area contributed by atoms with Gasteiger partial charge in [0.2, 0.25) is 0 Å². The van der Waals surface area contributed by atoms with Crippen molar-refractivity contribution in [2.24, 2.45) is 0 Å². The van der Waals surface area contributed by atoms with Crippen LogP contribution in [0.25, 0.3) is 11.4 Å². The van der Waals surface area contributed by atoms with Crippen LogP contribution >= 0.6 is 0 Å². The van der Waals surface area contributed by atoms with Gasteiger partial charge >= 0.3 is 5.97 Å². The first-order valence-corrected chi connectivity index (χ1v) is 7.46. The fourth-order valence-corrected chi connectivity index (χ4v) is 2.90. The smallest absolute Gasteiger partial charge is 0.338 e. The number of benzene rings is 1. The number of nitrogens with zero attached hydrogens (tertiary/aromatic N) is 1. The number of rotatable bonds is 3. The van der Waals surface area contributed by atoms with E-state index in [-0.39, 0.29) is 12.1 Å². The van der Waals surface area contributed by atoms with Crippen molar-refractivity contribution in [1.29, 1.82) is 0 Å². The monoisotopic (exact) mass is 300 g/mol. The highest BCUT2D eigenvalue weighted by molar-refractivity contribution is 5.92. The molecule has 0 amide bonds. The molecule has 1 atom stereocenters. The third-order valence-corrected chi connectivity index (χ3v) is 4.10. The minimum absolute atomic E-state index is 0.104. The lowest BCUT2D eigenvalue weighted by atomic mass is 9.99. The number of methoxy groups -OCH3 is 1. The fourth-order valence-electron chi connectivity index (χ4n) is 2.90. The summed E-state index contributed by atoms with van der Waals surface area (Å²) in [6, 6.07) is 3.82. The highest BCUT2D eigenvalue weighted by atomic mass is 16.5. The number of hydrogen-bond acceptors (Lipinski definition) is 4. The molecule has 0 saturated carbocycles. The maximum atomic E-state index is 11.9. The van der Waals surface area contributed by atoms with Gasteiger partial charge in [-0.15, -0.1) is 0 Å². The number of H-pyrrole nitrogens is 1. The molecule has 1 aromatic carbocycles. The van der Waals surface area contributed by atoms with Crippen LogP contribution in [0.15, 0.2) is 18.3 Å². The Kier molecular flexibility index (Phi) is 3.98. The van der Waals surface area contributed by atoms with Gasteiger partial charge in [0.25, 0.3) is 0 Å². The maximum absolute atomic E-state index is 11.9. The molecule has 5 heteroatoms. The van der Waals surface area contributed by atoms with E-state index in [0.717, 1.165) is 47.7 Å². The van der Waals surface area contributed by atoms with Crippen LogP contribution in [0.2, 0.25) is 0 Å². The largest absolute Gasteiger partial charge is 0.465 e. The molecule has 3 rings (SSSR count). The molecule has 1 aromatic heterocycles. The van der Waals surface area contributed by atoms with Gasteiger partial charge in [-0.3, -0.25) is 0 Å². The van der Waals surface area contributed by atoms with Gasteiger partial charge in [-0.1, -0.05) is 6.07 Å². The Hall–Kier alpha value is -2.14. The summed E-state index contributed by atoms with van der Waals surface area (Å²) in [7, 11) is 1.39. The number of aryl methyl sites for hydroxylation is 2. The number of carbonyl (C=O) groups is 1. The van der Waals surface area contributed by atoms with Crippen molar-refractivity contribution in [2.75, 3.05) is 13.7 Å². The zero-order chi connectivity index (χ0) is 15.7. The van der Waals surface area contributed by atoms with E-state index in [0.29, 0.717) is 5.56 Å². The van der Waals surface area contributed by atoms with Crippen LogP contribution in [0, 0.1) is 13.8 Å². The Balaban J connectivity index is 1.98. The summed E-state index contributed by atoms with van der Waals surface area (Å²) >= 11 is 0. The lowest BCUT2D eigenvalue weighted by molar-refractivity contribution is 0.0600. The van der Waals surface area contributed by atoms with Gasteiger partial charge in [0.15, 0.2) is 0 Å². The first kappa shape index (κ1) is 14.8. The molecule has 5 nitrogen and oxygen atoms in total. The molecule has 1 saturated heterocycles. The molecule has 1 aliphatic rings. The van der Waals surface area contributed by atoms with Crippen LogP contribution in [0.5, 0.6) is 0 Å². The quantitative estimate of drug-likeness (QED) is 0.883. The van der Waals surface area contributed by atoms with E-state index in [1.54, 1.807) is 0 Å². The van der Waals surface area contributed by atoms with Crippen molar-refractivity contribution in [3.05, 3.63) is 40.7 Å². The number of imidazole rings is 1. The molecule has 0 radical (unpaired) electrons. The Morgan fingerprint density at radius 2 is 2.18 bits per heavy atom. The van der Waals surface area contributed by atoms with Crippen LogP contribution in [0.3, 0.4) is 0 Å². The van der Waals surface area contributed by atoms with E-state index in [2.05, 4.69) is 9.97 Å². The molecule has 2 aromatic rings. The second kappa shape index (κ2) is 5.93. The van der Waals surface area contributed by atoms with Crippen molar-refractivity contribution in [3.8, 4) is 11.4 Å². The van der Waals surface area contributed by atoms with E-state index in [4.69, 9.17) is 9.47 Å². The average molecular weight is 300 g/mol. The number of ether oxygens (including phenoxy) is 2. The number of esters is 1. The van der Waals surface area contributed by atoms with Gasteiger partial charge in [-0.25, -0.2) is 9.78 Å². The number of carbonyl (C=O) groups excluding carboxylic acids is 1. The van der Waals surface area contributed by atoms with Crippen molar-refractivity contribution in [1.82, 2.24) is 9.97 Å². The lowest BCUT2D eigenvalue weighted by Gasteiger charge is -2.10. The molecule has 2 heterocycles. The van der Waals surface area contributed by atoms with Gasteiger partial charge in [-0.05, 0) is 43.9 Å². The Labute approximate surface area is 129 Å². The van der Waals surface area contributed by atoms with Crippen LogP contribution in [0.4, 0.5) is 0 Å². The van der Waals surface area contributed by atoms with Crippen LogP contribution in [0.1, 0.15) is 46.1 Å². The second-order valence-corrected chi connectivity index (χ2v) is 5.66. The third kappa shape index (κ3) is 2.64. The minimum atomic E-state index is -0.329. The Bertz CT molecular complexity index is 700. The van der Waals surface area contributed by atoms with Crippen molar-refractivity contribution in [3.63, 3.8) is 0 Å². The summed E-state index contributed by atoms with van der Waals surface area (Å²) < 4.78 is 10.5. The van der Waals surface area contributed by atoms with E-state index >= 15 is 0 Å². The number of nitrogens with one attached hydrogen (secondary N) is 1. The van der Waals surface area contributed by atoms with Gasteiger partial charge < -0.3 is 14.5 Å². The molecular weight excluding hydrogens is 280 g/mol. The molecule has 1 aliphatic heterocycles. The maximum Gasteiger partial charge on any atom is 0.338 e. The molecule has 1 N–H and O–H groups in total. The predicted molar refractivity (Wildman–Crippen MR) is 82.8 cm³/mol. The molecule has 22 heavy (non-hydrogen) atoms. The summed E-state index contributed by atoms with van der Waals surface area (Å²) in [6.45, 7) is 4.72. The van der Waals surface area contributed by atoms with E-state index < -0.39 is 0 Å². The molecule has 0 spiro atoms. The number of hydrogen-bond donors (Lipinski definition) is 1. The third-order valence-electron chi connectivity index (χ3n) is 4.10. The van der Waals surface area contributed by atoms with Gasteiger partial charge in [0, 0.05) is 12.2 Å². The Morgan fingerprint density at radius 3 is 2.86 bits per heavy atom. The number of aromatic amines is 1. The fraction of sp³-hybridized carbons (Fsp3) is 0.412. The van der Waals surface area contributed by atoms with Crippen molar-refractivity contribution < 1.29 is 14.3 Å². The van der Waals surface area contributed by atoms with Crippen molar-refractivity contribution >= 4 is 5.97 Å². The first-order chi connectivity index (χ1) is 10.6. The standard InChI is InChI=1S/C17H20N2O3/c1-10-7-11(2)13(17(20)21-3)8-12(10)16-18-9-14(19-16)15-5-4-6-22-15/h7-9,15H,4-6H2,1-3H3,(H,18,19)/t15-/m0/s1. The van der Waals surface area contributed by atoms with Crippen LogP contribution in [-0.2, 0) is 9.47 Å². The van der Waals surface area contributed by atoms with Gasteiger partial charge in [-0.2, -0.15) is 0 Å². The summed E-state index contributed by atoms with van der Waals surface area (Å²) in [5.41, 5.74) is 4.44. The van der Waals surface area contributed by atoms with Gasteiger partial charge in [0.05, 0.1) is 30.7 Å². The van der Waals surface area contributed by atoms with Crippen LogP contribution < -0.4 is 0 Å². The first-order valence-electron chi connectivity index (χ1n) is 7.46. The number of aromatic nitrogens is 2. The normalized spacial score (nSPS) is 17.7. The topological polar surface area (TPSA) is 64.2 Å². The molecule has 0 bridgehead atoms. The molecular formula is C17H20N2O3. The van der Waals surface area contributed by atoms with Crippen LogP contribution in [-0.4, -0.2) is 29.7 Å². The molecule has 116 valence electrons. The zero-order valence-electron chi connectivity index (χ0n) is 13.1. The summed E-state index contributed by atoms with van der Waals surface area (Å²) in [4.78, 5) is 19.7. The highest BCUT2D eigenvalue weighted by Crippen LogP contribution is 2.30. The second-order valence-electron chi connectivity index (χ2n) is 5.66. The summed E-state index contributed by atoms with van der Waals surface area (Å²) in [5.74, 6) is 0.429. The van der Waals surface area contributed by atoms with E-state index in [1.807, 2.05) is 32.2 Å². The zero-order valence-corrected chi connectivity index (χ0v) is 13.1. The summed E-state index contributed by atoms with van der Waals surface area (Å²) in [6.07, 6.45) is 4.02. The van der Waals surface area contributed by atoms with E-state index in [9.17, 15) is 4.79 Å². The van der Waals surface area contributed by atoms with Crippen molar-refractivity contribution in [2.45, 2.75) is 32.8 Å². The average Bonchev–Trinajstić information content (AvgIpc) is 3.17. The SMILES string of the molecule is COC(=O)c1cc(-c2ncc([C@@H]3CCCO3)[nH]2)c(C)cc1C. The predicted octanol–water partition coefficient (Wildman–Crippen LogP) is 3.33.